The summed E-state index contributed by atoms with van der Waals surface area (Å²) in [6, 6.07) is 11.6. The summed E-state index contributed by atoms with van der Waals surface area (Å²) in [7, 11) is 0. The van der Waals surface area contributed by atoms with Crippen molar-refractivity contribution in [3.8, 4) is 5.69 Å². The second-order valence-corrected chi connectivity index (χ2v) is 6.87. The molecule has 2 N–H and O–H groups in total. The number of rotatable bonds is 5. The van der Waals surface area contributed by atoms with E-state index >= 15 is 0 Å². The van der Waals surface area contributed by atoms with Crippen LogP contribution >= 0.6 is 0 Å². The zero-order valence-electron chi connectivity index (χ0n) is 16.0. The van der Waals surface area contributed by atoms with Gasteiger partial charge in [-0.2, -0.15) is 10.2 Å². The van der Waals surface area contributed by atoms with Gasteiger partial charge < -0.3 is 4.90 Å². The standard InChI is InChI=1S/C20H23N7O/c1-14-12-18(28)23-20(22-14)24-21-13-17-15(2)25-27(16-8-4-3-5-9-16)19(17)26-10-6-7-11-26/h3-5,8-9,12-13H,6-7,10-11H2,1-2H3,(H2,22,23,24,28)/b21-13+. The van der Waals surface area contributed by atoms with Crippen molar-refractivity contribution in [2.24, 2.45) is 5.10 Å². The zero-order chi connectivity index (χ0) is 19.5. The Bertz CT molecular complexity index is 1050. The third-order valence-electron chi connectivity index (χ3n) is 4.72. The number of nitrogens with zero attached hydrogens (tertiary/aromatic N) is 5. The lowest BCUT2D eigenvalue weighted by Crippen LogP contribution is -2.22. The summed E-state index contributed by atoms with van der Waals surface area (Å²) >= 11 is 0. The zero-order valence-corrected chi connectivity index (χ0v) is 16.0. The number of benzene rings is 1. The van der Waals surface area contributed by atoms with Crippen LogP contribution in [0.5, 0.6) is 0 Å². The lowest BCUT2D eigenvalue weighted by atomic mass is 10.2. The second kappa shape index (κ2) is 7.67. The molecule has 3 heterocycles. The number of nitrogens with one attached hydrogen (secondary N) is 2. The molecule has 0 amide bonds. The van der Waals surface area contributed by atoms with Crippen molar-refractivity contribution in [3.05, 3.63) is 63.7 Å². The van der Waals surface area contributed by atoms with Gasteiger partial charge in [-0.15, -0.1) is 0 Å². The molecule has 1 fully saturated rings. The van der Waals surface area contributed by atoms with Crippen molar-refractivity contribution in [1.82, 2.24) is 19.7 Å². The van der Waals surface area contributed by atoms with Crippen LogP contribution in [0.1, 0.15) is 29.8 Å². The van der Waals surface area contributed by atoms with Gasteiger partial charge in [0.15, 0.2) is 0 Å². The fourth-order valence-corrected chi connectivity index (χ4v) is 3.45. The Morgan fingerprint density at radius 1 is 1.18 bits per heavy atom. The Morgan fingerprint density at radius 2 is 1.93 bits per heavy atom. The molecule has 0 atom stereocenters. The van der Waals surface area contributed by atoms with Gasteiger partial charge >= 0.3 is 0 Å². The average Bonchev–Trinajstić information content (AvgIpc) is 3.30. The van der Waals surface area contributed by atoms with E-state index in [-0.39, 0.29) is 5.56 Å². The molecule has 0 bridgehead atoms. The van der Waals surface area contributed by atoms with Crippen LogP contribution in [0.2, 0.25) is 0 Å². The van der Waals surface area contributed by atoms with Gasteiger partial charge in [0.2, 0.25) is 5.95 Å². The minimum atomic E-state index is -0.212. The summed E-state index contributed by atoms with van der Waals surface area (Å²) in [5.74, 6) is 1.36. The van der Waals surface area contributed by atoms with E-state index in [1.807, 2.05) is 41.9 Å². The highest BCUT2D eigenvalue weighted by Crippen LogP contribution is 2.29. The van der Waals surface area contributed by atoms with Gasteiger partial charge in [-0.05, 0) is 38.8 Å². The largest absolute Gasteiger partial charge is 0.356 e. The lowest BCUT2D eigenvalue weighted by molar-refractivity contribution is 0.815. The molecule has 1 saturated heterocycles. The Hall–Kier alpha value is -3.42. The van der Waals surface area contributed by atoms with Gasteiger partial charge in [0.25, 0.3) is 5.56 Å². The van der Waals surface area contributed by atoms with E-state index in [1.54, 1.807) is 13.1 Å². The SMILES string of the molecule is Cc1cc(=O)[nH]c(N/N=C/c2c(C)nn(-c3ccccc3)c2N2CCCC2)n1. The van der Waals surface area contributed by atoms with Gasteiger partial charge in [-0.25, -0.2) is 15.1 Å². The lowest BCUT2D eigenvalue weighted by Gasteiger charge is -2.20. The molecule has 8 heteroatoms. The fourth-order valence-electron chi connectivity index (χ4n) is 3.45. The van der Waals surface area contributed by atoms with Gasteiger partial charge in [-0.3, -0.25) is 9.78 Å². The number of anilines is 2. The highest BCUT2D eigenvalue weighted by Gasteiger charge is 2.23. The number of aromatic nitrogens is 4. The van der Waals surface area contributed by atoms with E-state index < -0.39 is 0 Å². The molecule has 3 aromatic rings. The number of H-pyrrole nitrogens is 1. The number of hydrogen-bond acceptors (Lipinski definition) is 6. The Kier molecular flexibility index (Phi) is 4.92. The normalized spacial score (nSPS) is 14.1. The molecule has 4 rings (SSSR count). The molecule has 0 aliphatic carbocycles. The summed E-state index contributed by atoms with van der Waals surface area (Å²) in [5, 5.41) is 9.07. The number of hydrazone groups is 1. The van der Waals surface area contributed by atoms with E-state index in [0.29, 0.717) is 11.6 Å². The summed E-state index contributed by atoms with van der Waals surface area (Å²) in [6.45, 7) is 5.74. The van der Waals surface area contributed by atoms with Gasteiger partial charge in [0.1, 0.15) is 5.82 Å². The maximum atomic E-state index is 11.6. The van der Waals surface area contributed by atoms with Crippen molar-refractivity contribution in [2.45, 2.75) is 26.7 Å². The van der Waals surface area contributed by atoms with Crippen molar-refractivity contribution in [3.63, 3.8) is 0 Å². The molecule has 0 unspecified atom stereocenters. The maximum Gasteiger partial charge on any atom is 0.252 e. The van der Waals surface area contributed by atoms with Crippen LogP contribution in [0.3, 0.4) is 0 Å². The molecule has 0 radical (unpaired) electrons. The molecule has 1 aliphatic heterocycles. The number of aromatic amines is 1. The van der Waals surface area contributed by atoms with Crippen LogP contribution in [0.4, 0.5) is 11.8 Å². The van der Waals surface area contributed by atoms with E-state index in [9.17, 15) is 4.79 Å². The Balaban J connectivity index is 1.69. The monoisotopic (exact) mass is 377 g/mol. The Labute approximate surface area is 162 Å². The van der Waals surface area contributed by atoms with Crippen LogP contribution in [-0.2, 0) is 0 Å². The molecule has 28 heavy (non-hydrogen) atoms. The first-order valence-electron chi connectivity index (χ1n) is 9.39. The topological polar surface area (TPSA) is 91.2 Å². The van der Waals surface area contributed by atoms with Crippen LogP contribution in [0.25, 0.3) is 5.69 Å². The number of hydrogen-bond donors (Lipinski definition) is 2. The summed E-state index contributed by atoms with van der Waals surface area (Å²) in [5.41, 5.74) is 6.10. The maximum absolute atomic E-state index is 11.6. The van der Waals surface area contributed by atoms with Crippen LogP contribution in [-0.4, -0.2) is 39.1 Å². The van der Waals surface area contributed by atoms with E-state index in [4.69, 9.17) is 5.10 Å². The van der Waals surface area contributed by atoms with E-state index in [1.165, 1.54) is 18.9 Å². The fraction of sp³-hybridized carbons (Fsp3) is 0.300. The minimum absolute atomic E-state index is 0.212. The smallest absolute Gasteiger partial charge is 0.252 e. The summed E-state index contributed by atoms with van der Waals surface area (Å²) in [6.07, 6.45) is 4.09. The summed E-state index contributed by atoms with van der Waals surface area (Å²) in [4.78, 5) is 20.8. The molecular formula is C20H23N7O. The van der Waals surface area contributed by atoms with Crippen LogP contribution in [0, 0.1) is 13.8 Å². The summed E-state index contributed by atoms with van der Waals surface area (Å²) < 4.78 is 1.98. The van der Waals surface area contributed by atoms with E-state index in [2.05, 4.69) is 25.4 Å². The molecule has 0 saturated carbocycles. The van der Waals surface area contributed by atoms with Gasteiger partial charge in [0.05, 0.1) is 23.2 Å². The van der Waals surface area contributed by atoms with Gasteiger partial charge in [0, 0.05) is 24.8 Å². The first kappa shape index (κ1) is 18.0. The van der Waals surface area contributed by atoms with Crippen LogP contribution in [0.15, 0.2) is 46.3 Å². The van der Waals surface area contributed by atoms with Crippen molar-refractivity contribution >= 4 is 18.0 Å². The molecule has 144 valence electrons. The van der Waals surface area contributed by atoms with Crippen molar-refractivity contribution in [1.29, 1.82) is 0 Å². The second-order valence-electron chi connectivity index (χ2n) is 6.87. The third-order valence-corrected chi connectivity index (χ3v) is 4.72. The molecule has 0 spiro atoms. The number of para-hydroxylation sites is 1. The molecule has 8 nitrogen and oxygen atoms in total. The predicted octanol–water partition coefficient (Wildman–Crippen LogP) is 2.62. The average molecular weight is 377 g/mol. The first-order chi connectivity index (χ1) is 13.6. The highest BCUT2D eigenvalue weighted by molar-refractivity contribution is 5.89. The molecule has 2 aromatic heterocycles. The quantitative estimate of drug-likeness (QED) is 0.527. The molecule has 1 aliphatic rings. The number of aryl methyl sites for hydroxylation is 2. The molecular weight excluding hydrogens is 354 g/mol. The van der Waals surface area contributed by atoms with Crippen molar-refractivity contribution in [2.75, 3.05) is 23.4 Å². The first-order valence-corrected chi connectivity index (χ1v) is 9.39. The van der Waals surface area contributed by atoms with Gasteiger partial charge in [-0.1, -0.05) is 18.2 Å². The van der Waals surface area contributed by atoms with E-state index in [0.717, 1.165) is 35.9 Å². The third kappa shape index (κ3) is 3.66. The minimum Gasteiger partial charge on any atom is -0.356 e. The molecule has 1 aromatic carbocycles. The predicted molar refractivity (Wildman–Crippen MR) is 111 cm³/mol. The highest BCUT2D eigenvalue weighted by atomic mass is 16.1. The van der Waals surface area contributed by atoms with Crippen molar-refractivity contribution < 1.29 is 0 Å². The van der Waals surface area contributed by atoms with Crippen LogP contribution < -0.4 is 15.9 Å². The Morgan fingerprint density at radius 3 is 2.64 bits per heavy atom.